The Morgan fingerprint density at radius 2 is 2.13 bits per heavy atom. The number of amides is 1. The largest absolute Gasteiger partial charge is 0.496 e. The summed E-state index contributed by atoms with van der Waals surface area (Å²) in [5, 5.41) is 3.94. The third-order valence-corrected chi connectivity index (χ3v) is 5.00. The molecule has 4 rings (SSSR count). The molecule has 1 amide bonds. The highest BCUT2D eigenvalue weighted by atomic mass is 35.5. The minimum atomic E-state index is -0.00296. The van der Waals surface area contributed by atoms with Crippen LogP contribution in [-0.4, -0.2) is 47.7 Å². The summed E-state index contributed by atoms with van der Waals surface area (Å²) in [5.74, 6) is 0.552. The average molecular weight is 332 g/mol. The Labute approximate surface area is 139 Å². The summed E-state index contributed by atoms with van der Waals surface area (Å²) in [7, 11) is 1.58. The number of carbonyl (C=O) groups is 1. The number of carbonyl (C=O) groups excluding carboxylic acids is 1. The van der Waals surface area contributed by atoms with E-state index in [0.717, 1.165) is 25.2 Å². The molecule has 0 spiro atoms. The topological polar surface area (TPSA) is 46.5 Å². The van der Waals surface area contributed by atoms with E-state index in [-0.39, 0.29) is 11.9 Å². The number of piperazine rings is 1. The van der Waals surface area contributed by atoms with Crippen molar-refractivity contribution in [1.29, 1.82) is 0 Å². The van der Waals surface area contributed by atoms with Crippen molar-refractivity contribution in [2.45, 2.75) is 18.5 Å². The predicted octanol–water partition coefficient (Wildman–Crippen LogP) is 2.33. The van der Waals surface area contributed by atoms with Crippen LogP contribution in [0, 0.1) is 0 Å². The zero-order valence-electron chi connectivity index (χ0n) is 12.8. The van der Waals surface area contributed by atoms with Crippen molar-refractivity contribution < 1.29 is 9.53 Å². The van der Waals surface area contributed by atoms with Gasteiger partial charge in [0.2, 0.25) is 0 Å². The molecule has 5 nitrogen and oxygen atoms in total. The van der Waals surface area contributed by atoms with E-state index < -0.39 is 0 Å². The first-order valence-electron chi connectivity index (χ1n) is 7.72. The maximum Gasteiger partial charge on any atom is 0.258 e. The molecule has 0 radical (unpaired) electrons. The Balaban J connectivity index is 1.71. The van der Waals surface area contributed by atoms with E-state index in [2.05, 4.69) is 5.32 Å². The number of methoxy groups -OCH3 is 1. The van der Waals surface area contributed by atoms with Crippen molar-refractivity contribution in [2.24, 2.45) is 0 Å². The fourth-order valence-electron chi connectivity index (χ4n) is 3.54. The fourth-order valence-corrected chi connectivity index (χ4v) is 3.80. The third-order valence-electron chi connectivity index (χ3n) is 4.70. The van der Waals surface area contributed by atoms with Gasteiger partial charge in [-0.1, -0.05) is 11.6 Å². The minimum Gasteiger partial charge on any atom is -0.496 e. The van der Waals surface area contributed by atoms with Gasteiger partial charge in [0.25, 0.3) is 5.91 Å². The second kappa shape index (κ2) is 5.58. The molecule has 0 aliphatic carbocycles. The summed E-state index contributed by atoms with van der Waals surface area (Å²) in [6.45, 7) is 1.62. The van der Waals surface area contributed by atoms with Gasteiger partial charge in [0.1, 0.15) is 5.75 Å². The number of nitrogens with zero attached hydrogens (tertiary/aromatic N) is 2. The van der Waals surface area contributed by atoms with Crippen LogP contribution >= 0.6 is 11.6 Å². The highest BCUT2D eigenvalue weighted by Crippen LogP contribution is 2.33. The molecule has 3 heterocycles. The van der Waals surface area contributed by atoms with Crippen molar-refractivity contribution >= 4 is 17.5 Å². The lowest BCUT2D eigenvalue weighted by Gasteiger charge is -2.28. The monoisotopic (exact) mass is 331 g/mol. The van der Waals surface area contributed by atoms with E-state index >= 15 is 0 Å². The molecule has 2 fully saturated rings. The van der Waals surface area contributed by atoms with Gasteiger partial charge >= 0.3 is 0 Å². The molecule has 120 valence electrons. The van der Waals surface area contributed by atoms with Gasteiger partial charge in [-0.25, -0.2) is 0 Å². The molecule has 6 heteroatoms. The number of ether oxygens (including phenoxy) is 1. The summed E-state index contributed by atoms with van der Waals surface area (Å²) in [6.07, 6.45) is 4.85. The predicted molar refractivity (Wildman–Crippen MR) is 88.6 cm³/mol. The number of halogens is 1. The number of hydrogen-bond donors (Lipinski definition) is 1. The molecule has 0 unspecified atom stereocenters. The van der Waals surface area contributed by atoms with E-state index in [1.165, 1.54) is 0 Å². The molecule has 0 saturated carbocycles. The van der Waals surface area contributed by atoms with Crippen molar-refractivity contribution in [3.8, 4) is 11.4 Å². The number of rotatable bonds is 3. The first-order chi connectivity index (χ1) is 11.2. The molecule has 2 aliphatic heterocycles. The maximum atomic E-state index is 12.9. The molecule has 2 saturated heterocycles. The van der Waals surface area contributed by atoms with E-state index in [1.54, 1.807) is 13.2 Å². The van der Waals surface area contributed by atoms with Gasteiger partial charge in [-0.05, 0) is 24.6 Å². The molecule has 1 aromatic carbocycles. The molecular formula is C17H18ClN3O2. The lowest BCUT2D eigenvalue weighted by atomic mass is 10.1. The van der Waals surface area contributed by atoms with Gasteiger partial charge in [-0.15, -0.1) is 0 Å². The number of aromatic nitrogens is 1. The zero-order chi connectivity index (χ0) is 16.0. The molecule has 2 aromatic rings. The summed E-state index contributed by atoms with van der Waals surface area (Å²) in [4.78, 5) is 14.9. The number of nitrogens with one attached hydrogen (secondary N) is 1. The van der Waals surface area contributed by atoms with Crippen LogP contribution in [0.25, 0.3) is 5.69 Å². The molecule has 1 aromatic heterocycles. The van der Waals surface area contributed by atoms with Gasteiger partial charge in [0.15, 0.2) is 0 Å². The molecule has 2 aliphatic rings. The standard InChI is InChI=1S/C17H18ClN3O2/c1-23-16-8-15(20-4-2-3-5-20)14(18)7-13(16)17(22)21-10-11-6-12(21)9-19-11/h2-5,7-8,11-12,19H,6,9-10H2,1H3/t11-,12-/m0/s1. The lowest BCUT2D eigenvalue weighted by Crippen LogP contribution is -2.46. The fraction of sp³-hybridized carbons (Fsp3) is 0.353. The van der Waals surface area contributed by atoms with Crippen LogP contribution in [-0.2, 0) is 0 Å². The summed E-state index contributed by atoms with van der Waals surface area (Å²) in [6, 6.07) is 8.09. The molecule has 2 atom stereocenters. The van der Waals surface area contributed by atoms with E-state index in [4.69, 9.17) is 16.3 Å². The van der Waals surface area contributed by atoms with Crippen LogP contribution in [0.5, 0.6) is 5.75 Å². The number of hydrogen-bond acceptors (Lipinski definition) is 3. The van der Waals surface area contributed by atoms with Gasteiger partial charge in [0, 0.05) is 43.6 Å². The second-order valence-corrected chi connectivity index (χ2v) is 6.45. The van der Waals surface area contributed by atoms with E-state index in [0.29, 0.717) is 22.4 Å². The highest BCUT2D eigenvalue weighted by molar-refractivity contribution is 6.33. The van der Waals surface area contributed by atoms with Crippen molar-refractivity contribution in [1.82, 2.24) is 14.8 Å². The first-order valence-corrected chi connectivity index (χ1v) is 8.10. The third kappa shape index (κ3) is 2.40. The summed E-state index contributed by atoms with van der Waals surface area (Å²) in [5.41, 5.74) is 1.33. The second-order valence-electron chi connectivity index (χ2n) is 6.05. The van der Waals surface area contributed by atoms with Crippen LogP contribution < -0.4 is 10.1 Å². The van der Waals surface area contributed by atoms with Crippen LogP contribution in [0.4, 0.5) is 0 Å². The summed E-state index contributed by atoms with van der Waals surface area (Å²) < 4.78 is 7.37. The summed E-state index contributed by atoms with van der Waals surface area (Å²) >= 11 is 6.42. The van der Waals surface area contributed by atoms with Gasteiger partial charge in [-0.2, -0.15) is 0 Å². The van der Waals surface area contributed by atoms with Gasteiger partial charge < -0.3 is 19.5 Å². The zero-order valence-corrected chi connectivity index (χ0v) is 13.6. The molecular weight excluding hydrogens is 314 g/mol. The van der Waals surface area contributed by atoms with Gasteiger partial charge in [-0.3, -0.25) is 4.79 Å². The van der Waals surface area contributed by atoms with E-state index in [9.17, 15) is 4.79 Å². The van der Waals surface area contributed by atoms with Gasteiger partial charge in [0.05, 0.1) is 23.4 Å². The number of benzene rings is 1. The van der Waals surface area contributed by atoms with Crippen molar-refractivity contribution in [2.75, 3.05) is 20.2 Å². The SMILES string of the molecule is COc1cc(-n2cccc2)c(Cl)cc1C(=O)N1C[C@@H]2C[C@H]1CN2. The number of fused-ring (bicyclic) bond motifs is 2. The van der Waals surface area contributed by atoms with Crippen molar-refractivity contribution in [3.05, 3.63) is 47.2 Å². The van der Waals surface area contributed by atoms with E-state index in [1.807, 2.05) is 40.1 Å². The maximum absolute atomic E-state index is 12.9. The van der Waals surface area contributed by atoms with Crippen molar-refractivity contribution in [3.63, 3.8) is 0 Å². The van der Waals surface area contributed by atoms with Crippen LogP contribution in [0.15, 0.2) is 36.7 Å². The lowest BCUT2D eigenvalue weighted by molar-refractivity contribution is 0.0712. The van der Waals surface area contributed by atoms with Crippen LogP contribution in [0.1, 0.15) is 16.8 Å². The Morgan fingerprint density at radius 3 is 2.74 bits per heavy atom. The Bertz CT molecular complexity index is 745. The van der Waals surface area contributed by atoms with Crippen LogP contribution in [0.3, 0.4) is 0 Å². The first kappa shape index (κ1) is 14.6. The average Bonchev–Trinajstić information content (AvgIpc) is 3.31. The Kier molecular flexibility index (Phi) is 3.54. The quantitative estimate of drug-likeness (QED) is 0.939. The Hall–Kier alpha value is -1.98. The molecule has 23 heavy (non-hydrogen) atoms. The molecule has 1 N–H and O–H groups in total. The van der Waals surface area contributed by atoms with Crippen LogP contribution in [0.2, 0.25) is 5.02 Å². The smallest absolute Gasteiger partial charge is 0.258 e. The molecule has 2 bridgehead atoms. The normalized spacial score (nSPS) is 22.6. The number of likely N-dealkylation sites (tertiary alicyclic amines) is 1. The Morgan fingerprint density at radius 1 is 1.35 bits per heavy atom. The highest BCUT2D eigenvalue weighted by Gasteiger charge is 2.41. The minimum absolute atomic E-state index is 0.00296.